The zero-order valence-corrected chi connectivity index (χ0v) is 13.9. The lowest BCUT2D eigenvalue weighted by Crippen LogP contribution is -2.54. The van der Waals surface area contributed by atoms with E-state index < -0.39 is 0 Å². The van der Waals surface area contributed by atoms with Crippen molar-refractivity contribution in [3.05, 3.63) is 30.7 Å². The smallest absolute Gasteiger partial charge is 0.249 e. The molecule has 120 valence electrons. The molecule has 0 aliphatic carbocycles. The van der Waals surface area contributed by atoms with Crippen LogP contribution < -0.4 is 9.80 Å². The number of amides is 1. The Morgan fingerprint density at radius 1 is 1.26 bits per heavy atom. The first-order valence-electron chi connectivity index (χ1n) is 7.88. The monoisotopic (exact) mass is 311 g/mol. The Labute approximate surface area is 136 Å². The SMILES string of the molecule is CCC1C(=O)N(C)c2cnc(-c3ccncc3)nc2N1C(C)C. The van der Waals surface area contributed by atoms with Crippen LogP contribution in [0.25, 0.3) is 11.4 Å². The van der Waals surface area contributed by atoms with Crippen molar-refractivity contribution in [3.63, 3.8) is 0 Å². The van der Waals surface area contributed by atoms with Crippen LogP contribution in [0.2, 0.25) is 0 Å². The molecule has 0 fully saturated rings. The first-order valence-corrected chi connectivity index (χ1v) is 7.88. The predicted octanol–water partition coefficient (Wildman–Crippen LogP) is 2.51. The van der Waals surface area contributed by atoms with E-state index in [0.717, 1.165) is 23.5 Å². The maximum atomic E-state index is 12.6. The molecule has 3 rings (SSSR count). The lowest BCUT2D eigenvalue weighted by atomic mass is 10.1. The predicted molar refractivity (Wildman–Crippen MR) is 90.4 cm³/mol. The molecule has 1 unspecified atom stereocenters. The summed E-state index contributed by atoms with van der Waals surface area (Å²) < 4.78 is 0. The quantitative estimate of drug-likeness (QED) is 0.871. The number of hydrogen-bond acceptors (Lipinski definition) is 5. The molecule has 0 saturated carbocycles. The van der Waals surface area contributed by atoms with Crippen molar-refractivity contribution in [1.29, 1.82) is 0 Å². The summed E-state index contributed by atoms with van der Waals surface area (Å²) in [6, 6.07) is 3.76. The molecule has 0 bridgehead atoms. The number of carbonyl (C=O) groups is 1. The van der Waals surface area contributed by atoms with E-state index in [0.29, 0.717) is 5.82 Å². The topological polar surface area (TPSA) is 62.2 Å². The van der Waals surface area contributed by atoms with Gasteiger partial charge in [0.2, 0.25) is 5.91 Å². The van der Waals surface area contributed by atoms with Crippen LogP contribution in [0.3, 0.4) is 0 Å². The maximum Gasteiger partial charge on any atom is 0.249 e. The summed E-state index contributed by atoms with van der Waals surface area (Å²) in [5, 5.41) is 0. The van der Waals surface area contributed by atoms with Crippen LogP contribution in [0.1, 0.15) is 27.2 Å². The Kier molecular flexibility index (Phi) is 3.98. The molecule has 1 amide bonds. The minimum atomic E-state index is -0.187. The van der Waals surface area contributed by atoms with E-state index in [2.05, 4.69) is 28.7 Å². The van der Waals surface area contributed by atoms with E-state index in [9.17, 15) is 4.79 Å². The van der Waals surface area contributed by atoms with Crippen LogP contribution in [0, 0.1) is 0 Å². The average Bonchev–Trinajstić information content (AvgIpc) is 2.57. The van der Waals surface area contributed by atoms with Gasteiger partial charge in [-0.25, -0.2) is 9.97 Å². The molecule has 1 aliphatic heterocycles. The van der Waals surface area contributed by atoms with Crippen molar-refractivity contribution in [3.8, 4) is 11.4 Å². The number of aromatic nitrogens is 3. The Balaban J connectivity index is 2.15. The molecule has 3 heterocycles. The minimum absolute atomic E-state index is 0.0916. The molecule has 0 saturated heterocycles. The summed E-state index contributed by atoms with van der Waals surface area (Å²) in [5.74, 6) is 1.55. The highest BCUT2D eigenvalue weighted by molar-refractivity contribution is 6.04. The first kappa shape index (κ1) is 15.4. The van der Waals surface area contributed by atoms with Gasteiger partial charge in [0.1, 0.15) is 11.7 Å². The molecular weight excluding hydrogens is 290 g/mol. The fourth-order valence-electron chi connectivity index (χ4n) is 3.02. The largest absolute Gasteiger partial charge is 0.340 e. The molecule has 0 radical (unpaired) electrons. The average molecular weight is 311 g/mol. The second-order valence-corrected chi connectivity index (χ2v) is 5.96. The number of fused-ring (bicyclic) bond motifs is 1. The van der Waals surface area contributed by atoms with Crippen molar-refractivity contribution < 1.29 is 4.79 Å². The second-order valence-electron chi connectivity index (χ2n) is 5.96. The number of rotatable bonds is 3. The van der Waals surface area contributed by atoms with Crippen molar-refractivity contribution >= 4 is 17.4 Å². The summed E-state index contributed by atoms with van der Waals surface area (Å²) in [6.07, 6.45) is 5.93. The number of nitrogens with zero attached hydrogens (tertiary/aromatic N) is 5. The highest BCUT2D eigenvalue weighted by Crippen LogP contribution is 2.36. The Morgan fingerprint density at radius 3 is 2.57 bits per heavy atom. The van der Waals surface area contributed by atoms with Crippen LogP contribution in [0.5, 0.6) is 0 Å². The molecule has 1 aliphatic rings. The van der Waals surface area contributed by atoms with Crippen molar-refractivity contribution in [1.82, 2.24) is 15.0 Å². The van der Waals surface area contributed by atoms with E-state index in [1.54, 1.807) is 30.5 Å². The zero-order chi connectivity index (χ0) is 16.6. The molecule has 1 atom stereocenters. The van der Waals surface area contributed by atoms with Gasteiger partial charge in [0.15, 0.2) is 11.6 Å². The lowest BCUT2D eigenvalue weighted by molar-refractivity contribution is -0.120. The number of anilines is 2. The third-order valence-electron chi connectivity index (χ3n) is 4.19. The molecule has 0 N–H and O–H groups in total. The highest BCUT2D eigenvalue weighted by Gasteiger charge is 2.38. The molecule has 6 heteroatoms. The van der Waals surface area contributed by atoms with E-state index in [4.69, 9.17) is 4.98 Å². The zero-order valence-electron chi connectivity index (χ0n) is 13.9. The summed E-state index contributed by atoms with van der Waals surface area (Å²) in [4.78, 5) is 29.6. The van der Waals surface area contributed by atoms with Gasteiger partial charge in [-0.3, -0.25) is 9.78 Å². The summed E-state index contributed by atoms with van der Waals surface area (Å²) in [6.45, 7) is 6.19. The molecule has 0 spiro atoms. The Hall–Kier alpha value is -2.50. The third kappa shape index (κ3) is 2.54. The Morgan fingerprint density at radius 2 is 1.96 bits per heavy atom. The summed E-state index contributed by atoms with van der Waals surface area (Å²) in [7, 11) is 1.79. The van der Waals surface area contributed by atoms with Crippen molar-refractivity contribution in [2.75, 3.05) is 16.8 Å². The molecule has 6 nitrogen and oxygen atoms in total. The van der Waals surface area contributed by atoms with Crippen LogP contribution in [0.15, 0.2) is 30.7 Å². The number of carbonyl (C=O) groups excluding carboxylic acids is 1. The summed E-state index contributed by atoms with van der Waals surface area (Å²) in [5.41, 5.74) is 1.67. The second kappa shape index (κ2) is 5.95. The van der Waals surface area contributed by atoms with Gasteiger partial charge in [0, 0.05) is 31.0 Å². The van der Waals surface area contributed by atoms with E-state index >= 15 is 0 Å². The van der Waals surface area contributed by atoms with Crippen LogP contribution >= 0.6 is 0 Å². The molecule has 2 aromatic heterocycles. The van der Waals surface area contributed by atoms with Gasteiger partial charge in [0.25, 0.3) is 0 Å². The van der Waals surface area contributed by atoms with E-state index in [1.165, 1.54) is 0 Å². The van der Waals surface area contributed by atoms with Crippen molar-refractivity contribution in [2.24, 2.45) is 0 Å². The molecular formula is C17H21N5O. The maximum absolute atomic E-state index is 12.6. The first-order chi connectivity index (χ1) is 11.0. The van der Waals surface area contributed by atoms with Gasteiger partial charge in [-0.1, -0.05) is 6.92 Å². The number of pyridine rings is 1. The van der Waals surface area contributed by atoms with Gasteiger partial charge in [0.05, 0.1) is 6.20 Å². The van der Waals surface area contributed by atoms with Crippen LogP contribution in [-0.4, -0.2) is 40.0 Å². The normalized spacial score (nSPS) is 17.6. The van der Waals surface area contributed by atoms with E-state index in [1.807, 2.05) is 19.1 Å². The van der Waals surface area contributed by atoms with Crippen LogP contribution in [-0.2, 0) is 4.79 Å². The summed E-state index contributed by atoms with van der Waals surface area (Å²) >= 11 is 0. The fourth-order valence-corrected chi connectivity index (χ4v) is 3.02. The van der Waals surface area contributed by atoms with Gasteiger partial charge in [-0.2, -0.15) is 0 Å². The van der Waals surface area contributed by atoms with Gasteiger partial charge < -0.3 is 9.80 Å². The number of hydrogen-bond donors (Lipinski definition) is 0. The lowest BCUT2D eigenvalue weighted by Gasteiger charge is -2.42. The van der Waals surface area contributed by atoms with Crippen molar-refractivity contribution in [2.45, 2.75) is 39.3 Å². The molecule has 23 heavy (non-hydrogen) atoms. The van der Waals surface area contributed by atoms with Gasteiger partial charge >= 0.3 is 0 Å². The minimum Gasteiger partial charge on any atom is -0.340 e. The number of likely N-dealkylation sites (N-methyl/N-ethyl adjacent to an activating group) is 1. The molecule has 0 aromatic carbocycles. The fraction of sp³-hybridized carbons (Fsp3) is 0.412. The third-order valence-corrected chi connectivity index (χ3v) is 4.19. The van der Waals surface area contributed by atoms with Gasteiger partial charge in [-0.05, 0) is 32.4 Å². The molecule has 2 aromatic rings. The van der Waals surface area contributed by atoms with E-state index in [-0.39, 0.29) is 18.0 Å². The van der Waals surface area contributed by atoms with Gasteiger partial charge in [-0.15, -0.1) is 0 Å². The van der Waals surface area contributed by atoms with Crippen LogP contribution in [0.4, 0.5) is 11.5 Å². The standard InChI is InChI=1S/C17H21N5O/c1-5-13-17(23)21(4)14-10-19-15(12-6-8-18-9-7-12)20-16(14)22(13)11(2)3/h6-11,13H,5H2,1-4H3. The Bertz CT molecular complexity index is 716. The highest BCUT2D eigenvalue weighted by atomic mass is 16.2.